The summed E-state index contributed by atoms with van der Waals surface area (Å²) in [6, 6.07) is 5.63. The molecule has 0 heterocycles. The molecule has 0 aliphatic carbocycles. The normalized spacial score (nSPS) is 12.5. The Morgan fingerprint density at radius 2 is 2.00 bits per heavy atom. The van der Waals surface area contributed by atoms with Crippen molar-refractivity contribution >= 4 is 28.9 Å². The van der Waals surface area contributed by atoms with Gasteiger partial charge in [0.15, 0.2) is 0 Å². The summed E-state index contributed by atoms with van der Waals surface area (Å²) in [6.07, 6.45) is 2.40. The van der Waals surface area contributed by atoms with E-state index in [9.17, 15) is 0 Å². The lowest BCUT2D eigenvalue weighted by molar-refractivity contribution is 0.532. The Hall–Kier alpha value is -0.400. The summed E-state index contributed by atoms with van der Waals surface area (Å²) >= 11 is 11.7. The molecule has 84 valence electrons. The van der Waals surface area contributed by atoms with E-state index in [1.807, 2.05) is 18.2 Å². The molecule has 0 bridgehead atoms. The maximum atomic E-state index is 5.91. The number of rotatable bonds is 5. The Morgan fingerprint density at radius 1 is 1.27 bits per heavy atom. The average Bonchev–Trinajstić information content (AvgIpc) is 2.23. The lowest BCUT2D eigenvalue weighted by Gasteiger charge is -2.10. The fraction of sp³-hybridized carbons (Fsp3) is 0.500. The van der Waals surface area contributed by atoms with Gasteiger partial charge in [0.1, 0.15) is 0 Å². The molecular formula is C12H17Cl2N. The number of hydrogen-bond donors (Lipinski definition) is 1. The van der Waals surface area contributed by atoms with Crippen molar-refractivity contribution in [2.24, 2.45) is 5.92 Å². The van der Waals surface area contributed by atoms with Gasteiger partial charge in [-0.2, -0.15) is 0 Å². The van der Waals surface area contributed by atoms with Gasteiger partial charge in [0.2, 0.25) is 0 Å². The molecule has 1 N–H and O–H groups in total. The Balaban J connectivity index is 2.41. The molecule has 1 aromatic rings. The van der Waals surface area contributed by atoms with Gasteiger partial charge in [-0.3, -0.25) is 0 Å². The van der Waals surface area contributed by atoms with Crippen LogP contribution in [-0.2, 0) is 0 Å². The van der Waals surface area contributed by atoms with E-state index in [1.165, 1.54) is 12.8 Å². The van der Waals surface area contributed by atoms with E-state index in [-0.39, 0.29) is 0 Å². The van der Waals surface area contributed by atoms with Gasteiger partial charge in [-0.05, 0) is 30.5 Å². The molecule has 0 radical (unpaired) electrons. The van der Waals surface area contributed by atoms with Crippen molar-refractivity contribution in [2.45, 2.75) is 26.7 Å². The maximum absolute atomic E-state index is 5.91. The number of benzene rings is 1. The van der Waals surface area contributed by atoms with Crippen molar-refractivity contribution in [1.82, 2.24) is 0 Å². The van der Waals surface area contributed by atoms with Crippen LogP contribution in [-0.4, -0.2) is 6.54 Å². The SMILES string of the molecule is CCC(C)CCNc1ccc(Cl)c(Cl)c1. The quantitative estimate of drug-likeness (QED) is 0.783. The number of nitrogens with one attached hydrogen (secondary N) is 1. The van der Waals surface area contributed by atoms with Crippen molar-refractivity contribution < 1.29 is 0 Å². The van der Waals surface area contributed by atoms with E-state index >= 15 is 0 Å². The first-order valence-electron chi connectivity index (χ1n) is 5.32. The predicted octanol–water partition coefficient (Wildman–Crippen LogP) is 4.84. The van der Waals surface area contributed by atoms with Crippen molar-refractivity contribution in [2.75, 3.05) is 11.9 Å². The van der Waals surface area contributed by atoms with Gasteiger partial charge in [0.25, 0.3) is 0 Å². The van der Waals surface area contributed by atoms with E-state index in [4.69, 9.17) is 23.2 Å². The molecule has 1 rings (SSSR count). The van der Waals surface area contributed by atoms with Crippen LogP contribution in [0.2, 0.25) is 10.0 Å². The van der Waals surface area contributed by atoms with Crippen LogP contribution in [0.1, 0.15) is 26.7 Å². The molecular weight excluding hydrogens is 229 g/mol. The van der Waals surface area contributed by atoms with Gasteiger partial charge < -0.3 is 5.32 Å². The third-order valence-corrected chi connectivity index (χ3v) is 3.32. The second kappa shape index (κ2) is 6.24. The zero-order valence-corrected chi connectivity index (χ0v) is 10.7. The summed E-state index contributed by atoms with van der Waals surface area (Å²) < 4.78 is 0. The molecule has 0 saturated heterocycles. The van der Waals surface area contributed by atoms with Crippen molar-refractivity contribution in [1.29, 1.82) is 0 Å². The van der Waals surface area contributed by atoms with E-state index in [2.05, 4.69) is 19.2 Å². The minimum absolute atomic E-state index is 0.601. The summed E-state index contributed by atoms with van der Waals surface area (Å²) in [6.45, 7) is 5.45. The molecule has 3 heteroatoms. The molecule has 1 nitrogen and oxygen atoms in total. The molecule has 1 unspecified atom stereocenters. The summed E-state index contributed by atoms with van der Waals surface area (Å²) in [5.74, 6) is 0.764. The number of halogens is 2. The van der Waals surface area contributed by atoms with Crippen LogP contribution in [0.15, 0.2) is 18.2 Å². The van der Waals surface area contributed by atoms with Crippen LogP contribution in [0.25, 0.3) is 0 Å². The molecule has 0 saturated carbocycles. The largest absolute Gasteiger partial charge is 0.385 e. The molecule has 1 atom stereocenters. The third-order valence-electron chi connectivity index (χ3n) is 2.58. The lowest BCUT2D eigenvalue weighted by atomic mass is 10.1. The van der Waals surface area contributed by atoms with Crippen molar-refractivity contribution in [3.8, 4) is 0 Å². The Labute approximate surface area is 102 Å². The van der Waals surface area contributed by atoms with Crippen LogP contribution < -0.4 is 5.32 Å². The van der Waals surface area contributed by atoms with E-state index in [0.717, 1.165) is 18.2 Å². The molecule has 0 spiro atoms. The minimum Gasteiger partial charge on any atom is -0.385 e. The summed E-state index contributed by atoms with van der Waals surface area (Å²) in [7, 11) is 0. The highest BCUT2D eigenvalue weighted by Gasteiger charge is 2.00. The minimum atomic E-state index is 0.601. The molecule has 0 aliphatic rings. The first-order valence-corrected chi connectivity index (χ1v) is 6.08. The highest BCUT2D eigenvalue weighted by Crippen LogP contribution is 2.25. The topological polar surface area (TPSA) is 12.0 Å². The van der Waals surface area contributed by atoms with Crippen LogP contribution >= 0.6 is 23.2 Å². The third kappa shape index (κ3) is 4.31. The summed E-state index contributed by atoms with van der Waals surface area (Å²) in [5, 5.41) is 4.54. The van der Waals surface area contributed by atoms with Crippen LogP contribution in [0.5, 0.6) is 0 Å². The van der Waals surface area contributed by atoms with Gasteiger partial charge in [0, 0.05) is 12.2 Å². The first kappa shape index (κ1) is 12.7. The van der Waals surface area contributed by atoms with Gasteiger partial charge in [-0.25, -0.2) is 0 Å². The zero-order valence-electron chi connectivity index (χ0n) is 9.19. The first-order chi connectivity index (χ1) is 7.13. The summed E-state index contributed by atoms with van der Waals surface area (Å²) in [4.78, 5) is 0. The molecule has 0 aromatic heterocycles. The van der Waals surface area contributed by atoms with Crippen molar-refractivity contribution in [3.63, 3.8) is 0 Å². The number of anilines is 1. The number of hydrogen-bond acceptors (Lipinski definition) is 1. The van der Waals surface area contributed by atoms with Gasteiger partial charge in [-0.1, -0.05) is 43.5 Å². The van der Waals surface area contributed by atoms with E-state index < -0.39 is 0 Å². The highest BCUT2D eigenvalue weighted by atomic mass is 35.5. The van der Waals surface area contributed by atoms with Crippen molar-refractivity contribution in [3.05, 3.63) is 28.2 Å². The average molecular weight is 246 g/mol. The molecule has 1 aromatic carbocycles. The second-order valence-electron chi connectivity index (χ2n) is 3.86. The van der Waals surface area contributed by atoms with Crippen LogP contribution in [0, 0.1) is 5.92 Å². The van der Waals surface area contributed by atoms with E-state index in [0.29, 0.717) is 10.0 Å². The molecule has 0 aliphatic heterocycles. The van der Waals surface area contributed by atoms with E-state index in [1.54, 1.807) is 0 Å². The molecule has 0 fully saturated rings. The van der Waals surface area contributed by atoms with Crippen LogP contribution in [0.3, 0.4) is 0 Å². The smallest absolute Gasteiger partial charge is 0.0612 e. The molecule has 0 amide bonds. The Bertz CT molecular complexity index is 312. The second-order valence-corrected chi connectivity index (χ2v) is 4.67. The maximum Gasteiger partial charge on any atom is 0.0612 e. The monoisotopic (exact) mass is 245 g/mol. The molecule has 15 heavy (non-hydrogen) atoms. The lowest BCUT2D eigenvalue weighted by Crippen LogP contribution is -2.05. The standard InChI is InChI=1S/C12H17Cl2N/c1-3-9(2)6-7-15-10-4-5-11(13)12(14)8-10/h4-5,8-9,15H,3,6-7H2,1-2H3. The van der Waals surface area contributed by atoms with Crippen LogP contribution in [0.4, 0.5) is 5.69 Å². The van der Waals surface area contributed by atoms with Gasteiger partial charge in [0.05, 0.1) is 10.0 Å². The Kier molecular flexibility index (Phi) is 5.27. The van der Waals surface area contributed by atoms with Gasteiger partial charge >= 0.3 is 0 Å². The van der Waals surface area contributed by atoms with Gasteiger partial charge in [-0.15, -0.1) is 0 Å². The Morgan fingerprint density at radius 3 is 2.60 bits per heavy atom. The predicted molar refractivity (Wildman–Crippen MR) is 69.0 cm³/mol. The fourth-order valence-corrected chi connectivity index (χ4v) is 1.57. The summed E-state index contributed by atoms with van der Waals surface area (Å²) in [5.41, 5.74) is 1.03. The zero-order chi connectivity index (χ0) is 11.3. The highest BCUT2D eigenvalue weighted by molar-refractivity contribution is 6.42. The fourth-order valence-electron chi connectivity index (χ4n) is 1.27.